The maximum absolute atomic E-state index is 8.29. The van der Waals surface area contributed by atoms with Crippen LogP contribution >= 0.6 is 24.8 Å². The van der Waals surface area contributed by atoms with Crippen LogP contribution in [0.25, 0.3) is 0 Å². The zero-order chi connectivity index (χ0) is 7.82. The molecule has 1 aromatic rings. The molecular weight excluding hydrogens is 193 g/mol. The molecule has 0 saturated carbocycles. The third-order valence-corrected chi connectivity index (χ3v) is 0.903. The van der Waals surface area contributed by atoms with Crippen molar-refractivity contribution in [3.63, 3.8) is 0 Å². The molecule has 12 heavy (non-hydrogen) atoms. The highest BCUT2D eigenvalue weighted by Gasteiger charge is 1.79. The summed E-state index contributed by atoms with van der Waals surface area (Å²) < 4.78 is 0. The van der Waals surface area contributed by atoms with E-state index < -0.39 is 0 Å². The van der Waals surface area contributed by atoms with E-state index in [1.807, 2.05) is 24.3 Å². The third-order valence-electron chi connectivity index (χ3n) is 0.903. The summed E-state index contributed by atoms with van der Waals surface area (Å²) in [6.45, 7) is 6.00. The molecule has 3 heteroatoms. The highest BCUT2D eigenvalue weighted by molar-refractivity contribution is 5.85. The van der Waals surface area contributed by atoms with Crippen molar-refractivity contribution in [2.75, 3.05) is 0 Å². The second-order valence-electron chi connectivity index (χ2n) is 1.48. The molecule has 0 saturated heterocycles. The molecule has 1 rings (SSSR count). The topological polar surface area (TPSA) is 23.8 Å². The Morgan fingerprint density at radius 1 is 1.00 bits per heavy atom. The number of benzene rings is 1. The zero-order valence-electron chi connectivity index (χ0n) is 6.56. The number of rotatable bonds is 0. The lowest BCUT2D eigenvalue weighted by atomic mass is 10.2. The van der Waals surface area contributed by atoms with Gasteiger partial charge in [-0.2, -0.15) is 5.26 Å². The van der Waals surface area contributed by atoms with Crippen LogP contribution in [0.5, 0.6) is 0 Å². The largest absolute Gasteiger partial charge is 0.192 e. The van der Waals surface area contributed by atoms with Gasteiger partial charge in [0.25, 0.3) is 0 Å². The van der Waals surface area contributed by atoms with E-state index in [0.717, 1.165) is 0 Å². The normalized spacial score (nSPS) is 5.58. The number of nitriles is 1. The molecule has 0 N–H and O–H groups in total. The summed E-state index contributed by atoms with van der Waals surface area (Å²) in [5.74, 6) is 0. The van der Waals surface area contributed by atoms with Gasteiger partial charge in [0.05, 0.1) is 11.6 Å². The van der Waals surface area contributed by atoms with E-state index in [1.165, 1.54) is 0 Å². The van der Waals surface area contributed by atoms with Crippen LogP contribution in [0.1, 0.15) is 5.56 Å². The van der Waals surface area contributed by atoms with Crippen molar-refractivity contribution in [3.05, 3.63) is 49.1 Å². The second-order valence-corrected chi connectivity index (χ2v) is 1.48. The first-order valence-electron chi connectivity index (χ1n) is 2.88. The molecule has 0 bridgehead atoms. The number of halogens is 2. The first kappa shape index (κ1) is 17.2. The van der Waals surface area contributed by atoms with Gasteiger partial charge >= 0.3 is 0 Å². The van der Waals surface area contributed by atoms with E-state index in [1.54, 1.807) is 12.1 Å². The van der Waals surface area contributed by atoms with Gasteiger partial charge in [0.15, 0.2) is 0 Å². The Balaban J connectivity index is -0.000000189. The van der Waals surface area contributed by atoms with Gasteiger partial charge in [0.2, 0.25) is 0 Å². The van der Waals surface area contributed by atoms with Crippen molar-refractivity contribution in [2.45, 2.75) is 0 Å². The van der Waals surface area contributed by atoms with Gasteiger partial charge in [0.1, 0.15) is 0 Å². The molecule has 0 aromatic heterocycles. The molecule has 0 unspecified atom stereocenters. The van der Waals surface area contributed by atoms with Crippen LogP contribution in [0.2, 0.25) is 0 Å². The lowest BCUT2D eigenvalue weighted by molar-refractivity contribution is 1.49. The van der Waals surface area contributed by atoms with Gasteiger partial charge < -0.3 is 0 Å². The van der Waals surface area contributed by atoms with E-state index in [9.17, 15) is 0 Å². The molecule has 0 fully saturated rings. The van der Waals surface area contributed by atoms with Gasteiger partial charge in [0, 0.05) is 0 Å². The SMILES string of the molecule is C=C.Cl.Cl.N#Cc1ccccc1. The van der Waals surface area contributed by atoms with E-state index in [-0.39, 0.29) is 24.8 Å². The van der Waals surface area contributed by atoms with Gasteiger partial charge in [-0.05, 0) is 12.1 Å². The Morgan fingerprint density at radius 3 is 1.67 bits per heavy atom. The minimum atomic E-state index is 0. The fourth-order valence-electron chi connectivity index (χ4n) is 0.513. The average Bonchev–Trinajstić information content (AvgIpc) is 2.10. The number of nitrogens with zero attached hydrogens (tertiary/aromatic N) is 1. The van der Waals surface area contributed by atoms with Gasteiger partial charge in [-0.1, -0.05) is 18.2 Å². The molecule has 0 radical (unpaired) electrons. The molecule has 0 aliphatic heterocycles. The van der Waals surface area contributed by atoms with Crippen molar-refractivity contribution in [2.24, 2.45) is 0 Å². The molecule has 0 aliphatic rings. The van der Waals surface area contributed by atoms with E-state index in [4.69, 9.17) is 5.26 Å². The van der Waals surface area contributed by atoms with Gasteiger partial charge in [-0.15, -0.1) is 38.0 Å². The summed E-state index contributed by atoms with van der Waals surface area (Å²) in [7, 11) is 0. The van der Waals surface area contributed by atoms with Crippen LogP contribution in [0, 0.1) is 11.3 Å². The fraction of sp³-hybridized carbons (Fsp3) is 0. The van der Waals surface area contributed by atoms with E-state index in [0.29, 0.717) is 5.56 Å². The van der Waals surface area contributed by atoms with Crippen LogP contribution in [0.3, 0.4) is 0 Å². The zero-order valence-corrected chi connectivity index (χ0v) is 8.20. The van der Waals surface area contributed by atoms with Crippen molar-refractivity contribution in [3.8, 4) is 6.07 Å². The van der Waals surface area contributed by atoms with Crippen molar-refractivity contribution < 1.29 is 0 Å². The maximum atomic E-state index is 8.29. The van der Waals surface area contributed by atoms with Crippen LogP contribution in [0.15, 0.2) is 43.5 Å². The highest BCUT2D eigenvalue weighted by Crippen LogP contribution is 1.92. The summed E-state index contributed by atoms with van der Waals surface area (Å²) in [5.41, 5.74) is 0.715. The smallest absolute Gasteiger partial charge is 0.0991 e. The lowest BCUT2D eigenvalue weighted by Crippen LogP contribution is -1.66. The Labute approximate surface area is 85.5 Å². The van der Waals surface area contributed by atoms with Gasteiger partial charge in [-0.25, -0.2) is 0 Å². The van der Waals surface area contributed by atoms with Gasteiger partial charge in [-0.3, -0.25) is 0 Å². The summed E-state index contributed by atoms with van der Waals surface area (Å²) in [5, 5.41) is 8.29. The summed E-state index contributed by atoms with van der Waals surface area (Å²) in [6, 6.07) is 11.2. The number of hydrogen-bond acceptors (Lipinski definition) is 1. The molecule has 0 atom stereocenters. The minimum Gasteiger partial charge on any atom is -0.192 e. The molecule has 1 nitrogen and oxygen atoms in total. The third kappa shape index (κ3) is 7.14. The van der Waals surface area contributed by atoms with E-state index >= 15 is 0 Å². The standard InChI is InChI=1S/C7H5N.C2H4.2ClH/c8-6-7-4-2-1-3-5-7;1-2;;/h1-5H;1-2H2;2*1H. The van der Waals surface area contributed by atoms with Crippen LogP contribution < -0.4 is 0 Å². The molecule has 0 heterocycles. The fourth-order valence-corrected chi connectivity index (χ4v) is 0.513. The Hall–Kier alpha value is -0.970. The highest BCUT2D eigenvalue weighted by atomic mass is 35.5. The first-order valence-corrected chi connectivity index (χ1v) is 2.88. The predicted molar refractivity (Wildman–Crippen MR) is 56.9 cm³/mol. The quantitative estimate of drug-likeness (QED) is 0.595. The molecular formula is C9H11Cl2N. The lowest BCUT2D eigenvalue weighted by Gasteiger charge is -1.80. The molecule has 0 aliphatic carbocycles. The van der Waals surface area contributed by atoms with Crippen LogP contribution in [-0.4, -0.2) is 0 Å². The predicted octanol–water partition coefficient (Wildman–Crippen LogP) is 3.20. The molecule has 1 aromatic carbocycles. The van der Waals surface area contributed by atoms with Crippen LogP contribution in [0.4, 0.5) is 0 Å². The van der Waals surface area contributed by atoms with E-state index in [2.05, 4.69) is 13.2 Å². The first-order chi connectivity index (χ1) is 4.93. The molecule has 0 spiro atoms. The maximum Gasteiger partial charge on any atom is 0.0991 e. The second kappa shape index (κ2) is 12.7. The van der Waals surface area contributed by atoms with Crippen molar-refractivity contribution in [1.82, 2.24) is 0 Å². The summed E-state index contributed by atoms with van der Waals surface area (Å²) in [4.78, 5) is 0. The minimum absolute atomic E-state index is 0. The monoisotopic (exact) mass is 203 g/mol. The average molecular weight is 204 g/mol. The summed E-state index contributed by atoms with van der Waals surface area (Å²) in [6.07, 6.45) is 0. The Kier molecular flexibility index (Phi) is 18.2. The van der Waals surface area contributed by atoms with Crippen LogP contribution in [-0.2, 0) is 0 Å². The Bertz CT molecular complexity index is 216. The van der Waals surface area contributed by atoms with Crippen molar-refractivity contribution >= 4 is 24.8 Å². The van der Waals surface area contributed by atoms with Crippen molar-refractivity contribution in [1.29, 1.82) is 5.26 Å². The summed E-state index contributed by atoms with van der Waals surface area (Å²) >= 11 is 0. The number of hydrogen-bond donors (Lipinski definition) is 0. The molecule has 66 valence electrons. The Morgan fingerprint density at radius 2 is 1.42 bits per heavy atom. The molecule has 0 amide bonds.